The number of benzene rings is 2. The first kappa shape index (κ1) is 15.0. The number of hydrogen-bond donors (Lipinski definition) is 1. The third kappa shape index (κ3) is 3.81. The maximum Gasteiger partial charge on any atom is 0.310 e. The fourth-order valence-electron chi connectivity index (χ4n) is 1.87. The van der Waals surface area contributed by atoms with Crippen molar-refractivity contribution in [1.29, 1.82) is 0 Å². The third-order valence-corrected chi connectivity index (χ3v) is 3.65. The molecule has 0 aliphatic rings. The summed E-state index contributed by atoms with van der Waals surface area (Å²) in [5, 5.41) is -0.255. The maximum absolute atomic E-state index is 11.7. The average molecular weight is 301 g/mol. The first-order valence-electron chi connectivity index (χ1n) is 6.23. The second-order valence-electron chi connectivity index (χ2n) is 4.26. The van der Waals surface area contributed by atoms with Crippen LogP contribution in [0.5, 0.6) is 0 Å². The summed E-state index contributed by atoms with van der Waals surface area (Å²) in [7, 11) is -4.41. The van der Waals surface area contributed by atoms with E-state index in [-0.39, 0.29) is 5.03 Å². The Labute approximate surface area is 124 Å². The minimum Gasteiger partial charge on any atom is -0.306 e. The Hall–Kier alpha value is -2.37. The van der Waals surface area contributed by atoms with E-state index in [0.717, 1.165) is 0 Å². The zero-order valence-electron chi connectivity index (χ0n) is 11.3. The topological polar surface area (TPSA) is 57.6 Å². The molecule has 0 saturated carbocycles. The van der Waals surface area contributed by atoms with Gasteiger partial charge in [-0.05, 0) is 23.8 Å². The molecular formula is C16H15NO3S. The number of rotatable bonds is 5. The van der Waals surface area contributed by atoms with Crippen molar-refractivity contribution in [3.63, 3.8) is 0 Å². The van der Waals surface area contributed by atoms with E-state index in [1.165, 1.54) is 17.2 Å². The predicted octanol–water partition coefficient (Wildman–Crippen LogP) is 3.52. The van der Waals surface area contributed by atoms with Crippen molar-refractivity contribution in [3.8, 4) is 0 Å². The van der Waals surface area contributed by atoms with E-state index in [2.05, 4.69) is 6.58 Å². The zero-order chi connectivity index (χ0) is 15.3. The van der Waals surface area contributed by atoms with Gasteiger partial charge in [0.05, 0.1) is 0 Å². The molecule has 0 radical (unpaired) electrons. The van der Waals surface area contributed by atoms with Crippen molar-refractivity contribution in [2.24, 2.45) is 0 Å². The van der Waals surface area contributed by atoms with E-state index in [0.29, 0.717) is 11.3 Å². The standard InChI is InChI=1S/C16H15NO3S/c1-2-17(15-11-7-4-8-12-15)16(21(18,19)20)13-14-9-5-3-6-10-14/h2-13H,1H2,(H,18,19,20). The van der Waals surface area contributed by atoms with Crippen LogP contribution in [0.4, 0.5) is 5.69 Å². The lowest BCUT2D eigenvalue weighted by Crippen LogP contribution is -2.21. The van der Waals surface area contributed by atoms with Crippen LogP contribution in [0.1, 0.15) is 5.56 Å². The largest absolute Gasteiger partial charge is 0.310 e. The number of para-hydroxylation sites is 1. The van der Waals surface area contributed by atoms with E-state index < -0.39 is 10.1 Å². The fraction of sp³-hybridized carbons (Fsp3) is 0. The average Bonchev–Trinajstić information content (AvgIpc) is 2.48. The molecule has 0 unspecified atom stereocenters. The number of hydrogen-bond acceptors (Lipinski definition) is 3. The van der Waals surface area contributed by atoms with Gasteiger partial charge < -0.3 is 4.90 Å². The summed E-state index contributed by atoms with van der Waals surface area (Å²) in [6.45, 7) is 3.62. The summed E-state index contributed by atoms with van der Waals surface area (Å²) < 4.78 is 32.9. The summed E-state index contributed by atoms with van der Waals surface area (Å²) in [6.07, 6.45) is 2.74. The molecule has 0 amide bonds. The van der Waals surface area contributed by atoms with Crippen molar-refractivity contribution in [3.05, 3.63) is 84.0 Å². The Kier molecular flexibility index (Phi) is 4.57. The van der Waals surface area contributed by atoms with Gasteiger partial charge in [-0.15, -0.1) is 0 Å². The van der Waals surface area contributed by atoms with Crippen LogP contribution in [0.25, 0.3) is 6.08 Å². The Morgan fingerprint density at radius 3 is 2.00 bits per heavy atom. The summed E-state index contributed by atoms with van der Waals surface area (Å²) in [6, 6.07) is 17.7. The Morgan fingerprint density at radius 1 is 1.00 bits per heavy atom. The molecule has 0 atom stereocenters. The molecule has 21 heavy (non-hydrogen) atoms. The highest BCUT2D eigenvalue weighted by Gasteiger charge is 2.21. The lowest BCUT2D eigenvalue weighted by atomic mass is 10.2. The highest BCUT2D eigenvalue weighted by Crippen LogP contribution is 2.24. The maximum atomic E-state index is 11.7. The van der Waals surface area contributed by atoms with Gasteiger partial charge in [0.15, 0.2) is 5.03 Å². The molecule has 1 N–H and O–H groups in total. The van der Waals surface area contributed by atoms with Gasteiger partial charge in [0, 0.05) is 11.9 Å². The van der Waals surface area contributed by atoms with Gasteiger partial charge in [0.25, 0.3) is 0 Å². The van der Waals surface area contributed by atoms with Crippen LogP contribution in [-0.2, 0) is 10.1 Å². The third-order valence-electron chi connectivity index (χ3n) is 2.81. The van der Waals surface area contributed by atoms with E-state index >= 15 is 0 Å². The monoisotopic (exact) mass is 301 g/mol. The quantitative estimate of drug-likeness (QED) is 0.858. The van der Waals surface area contributed by atoms with Crippen LogP contribution >= 0.6 is 0 Å². The smallest absolute Gasteiger partial charge is 0.306 e. The van der Waals surface area contributed by atoms with Gasteiger partial charge in [-0.1, -0.05) is 55.1 Å². The molecule has 0 heterocycles. The van der Waals surface area contributed by atoms with E-state index in [1.807, 2.05) is 12.1 Å². The predicted molar refractivity (Wildman–Crippen MR) is 85.1 cm³/mol. The first-order chi connectivity index (χ1) is 10.0. The van der Waals surface area contributed by atoms with Crippen molar-refractivity contribution in [2.75, 3.05) is 4.90 Å². The summed E-state index contributed by atoms with van der Waals surface area (Å²) in [5.41, 5.74) is 1.25. The normalized spacial score (nSPS) is 12.0. The van der Waals surface area contributed by atoms with Gasteiger partial charge in [0.2, 0.25) is 0 Å². The number of anilines is 1. The van der Waals surface area contributed by atoms with Gasteiger partial charge in [0.1, 0.15) is 0 Å². The SMILES string of the molecule is C=CN(C(=Cc1ccccc1)S(=O)(=O)O)c1ccccc1. The van der Waals surface area contributed by atoms with Crippen LogP contribution < -0.4 is 4.90 Å². The van der Waals surface area contributed by atoms with Crippen LogP contribution in [0.3, 0.4) is 0 Å². The molecule has 4 nitrogen and oxygen atoms in total. The van der Waals surface area contributed by atoms with E-state index in [4.69, 9.17) is 0 Å². The van der Waals surface area contributed by atoms with Gasteiger partial charge >= 0.3 is 10.1 Å². The van der Waals surface area contributed by atoms with Crippen LogP contribution in [0.2, 0.25) is 0 Å². The Bertz CT molecular complexity index is 738. The van der Waals surface area contributed by atoms with Crippen molar-refractivity contribution < 1.29 is 13.0 Å². The molecular weight excluding hydrogens is 286 g/mol. The highest BCUT2D eigenvalue weighted by molar-refractivity contribution is 7.90. The van der Waals surface area contributed by atoms with Crippen LogP contribution in [-0.4, -0.2) is 13.0 Å². The molecule has 0 bridgehead atoms. The van der Waals surface area contributed by atoms with E-state index in [1.54, 1.807) is 48.5 Å². The van der Waals surface area contributed by atoms with Crippen molar-refractivity contribution >= 4 is 21.9 Å². The van der Waals surface area contributed by atoms with Crippen molar-refractivity contribution in [1.82, 2.24) is 0 Å². The molecule has 2 rings (SSSR count). The van der Waals surface area contributed by atoms with Gasteiger partial charge in [-0.3, -0.25) is 4.55 Å². The van der Waals surface area contributed by atoms with E-state index in [9.17, 15) is 13.0 Å². The molecule has 0 aliphatic heterocycles. The van der Waals surface area contributed by atoms with Crippen LogP contribution in [0.15, 0.2) is 78.5 Å². The molecule has 0 saturated heterocycles. The molecule has 108 valence electrons. The highest BCUT2D eigenvalue weighted by atomic mass is 32.2. The summed E-state index contributed by atoms with van der Waals surface area (Å²) >= 11 is 0. The Morgan fingerprint density at radius 2 is 1.52 bits per heavy atom. The second-order valence-corrected chi connectivity index (χ2v) is 5.62. The molecule has 5 heteroatoms. The van der Waals surface area contributed by atoms with Gasteiger partial charge in [-0.2, -0.15) is 8.42 Å². The minimum atomic E-state index is -4.41. The zero-order valence-corrected chi connectivity index (χ0v) is 12.1. The van der Waals surface area contributed by atoms with Gasteiger partial charge in [-0.25, -0.2) is 0 Å². The first-order valence-corrected chi connectivity index (χ1v) is 7.67. The van der Waals surface area contributed by atoms with Crippen molar-refractivity contribution in [2.45, 2.75) is 0 Å². The lowest BCUT2D eigenvalue weighted by molar-refractivity contribution is 0.490. The molecule has 2 aromatic rings. The molecule has 0 aliphatic carbocycles. The minimum absolute atomic E-state index is 0.255. The molecule has 0 fully saturated rings. The lowest BCUT2D eigenvalue weighted by Gasteiger charge is -2.21. The van der Waals surface area contributed by atoms with Crippen LogP contribution in [0, 0.1) is 0 Å². The molecule has 2 aromatic carbocycles. The fourth-order valence-corrected chi connectivity index (χ4v) is 2.58. The second kappa shape index (κ2) is 6.39. The summed E-state index contributed by atoms with van der Waals surface area (Å²) in [4.78, 5) is 1.32. The molecule has 0 spiro atoms. The Balaban J connectivity index is 2.56. The number of nitrogens with zero attached hydrogens (tertiary/aromatic N) is 1. The molecule has 0 aromatic heterocycles. The summed E-state index contributed by atoms with van der Waals surface area (Å²) in [5.74, 6) is 0.